The van der Waals surface area contributed by atoms with Gasteiger partial charge >= 0.3 is 0 Å². The van der Waals surface area contributed by atoms with Gasteiger partial charge in [0.15, 0.2) is 9.84 Å². The second-order valence-corrected chi connectivity index (χ2v) is 11.3. The molecule has 3 aromatic rings. The summed E-state index contributed by atoms with van der Waals surface area (Å²) in [4.78, 5) is 17.5. The fourth-order valence-electron chi connectivity index (χ4n) is 4.32. The van der Waals surface area contributed by atoms with Crippen molar-refractivity contribution in [3.05, 3.63) is 82.6 Å². The lowest BCUT2D eigenvalue weighted by molar-refractivity contribution is 0.0747. The molecule has 9 heteroatoms. The largest absolute Gasteiger partial charge is 0.377 e. The van der Waals surface area contributed by atoms with Crippen molar-refractivity contribution in [2.24, 2.45) is 0 Å². The Balaban J connectivity index is 1.57. The van der Waals surface area contributed by atoms with Crippen molar-refractivity contribution >= 4 is 33.0 Å². The number of amides is 1. The zero-order valence-corrected chi connectivity index (χ0v) is 21.9. The van der Waals surface area contributed by atoms with Crippen molar-refractivity contribution in [2.45, 2.75) is 17.9 Å². The minimum Gasteiger partial charge on any atom is -0.377 e. The molecule has 3 aromatic carbocycles. The molecule has 0 aliphatic carbocycles. The van der Waals surface area contributed by atoms with E-state index in [9.17, 15) is 17.6 Å². The van der Waals surface area contributed by atoms with Crippen molar-refractivity contribution in [2.75, 3.05) is 44.4 Å². The van der Waals surface area contributed by atoms with Crippen molar-refractivity contribution in [1.29, 1.82) is 0 Å². The Morgan fingerprint density at radius 1 is 1.00 bits per heavy atom. The second kappa shape index (κ2) is 10.6. The third kappa shape index (κ3) is 5.56. The number of methoxy groups -OCH3 is 1. The van der Waals surface area contributed by atoms with Gasteiger partial charge in [-0.2, -0.15) is 0 Å². The lowest BCUT2D eigenvalue weighted by Crippen LogP contribution is -2.49. The Bertz CT molecular complexity index is 1370. The molecule has 0 bridgehead atoms. The highest BCUT2D eigenvalue weighted by Crippen LogP contribution is 2.31. The average Bonchev–Trinajstić information content (AvgIpc) is 2.87. The number of nitrogens with zero attached hydrogens (tertiary/aromatic N) is 2. The van der Waals surface area contributed by atoms with Crippen molar-refractivity contribution in [1.82, 2.24) is 4.90 Å². The number of carbonyl (C=O) groups is 1. The summed E-state index contributed by atoms with van der Waals surface area (Å²) >= 11 is 6.47. The van der Waals surface area contributed by atoms with Crippen LogP contribution in [0, 0.1) is 5.82 Å². The Morgan fingerprint density at radius 3 is 2.25 bits per heavy atom. The SMILES string of the molecule is COC(C)c1ccc(N2CCN(C(=O)c3cc(S(C)(=O)=O)ccc3-c3ccc(F)cc3)CC2)cc1Cl. The van der Waals surface area contributed by atoms with Gasteiger partial charge in [0.2, 0.25) is 0 Å². The molecule has 6 nitrogen and oxygen atoms in total. The van der Waals surface area contributed by atoms with Gasteiger partial charge in [0.05, 0.1) is 11.0 Å². The molecule has 1 saturated heterocycles. The lowest BCUT2D eigenvalue weighted by atomic mass is 9.98. The standard InChI is InChI=1S/C27H28ClFN2O4S/c1-18(35-2)23-10-8-21(16-26(23)28)30-12-14-31(15-13-30)27(32)25-17-22(36(3,33)34)9-11-24(25)19-4-6-20(29)7-5-19/h4-11,16-18H,12-15H2,1-3H3. The summed E-state index contributed by atoms with van der Waals surface area (Å²) in [6.45, 7) is 4.04. The molecule has 36 heavy (non-hydrogen) atoms. The van der Waals surface area contributed by atoms with E-state index in [-0.39, 0.29) is 28.3 Å². The number of halogens is 2. The van der Waals surface area contributed by atoms with Crippen LogP contribution < -0.4 is 4.90 Å². The summed E-state index contributed by atoms with van der Waals surface area (Å²) in [5.41, 5.74) is 3.35. The molecule has 4 rings (SSSR count). The number of benzene rings is 3. The molecule has 1 aliphatic rings. The highest BCUT2D eigenvalue weighted by molar-refractivity contribution is 7.90. The first-order valence-electron chi connectivity index (χ1n) is 11.5. The second-order valence-electron chi connectivity index (χ2n) is 8.85. The van der Waals surface area contributed by atoms with E-state index in [4.69, 9.17) is 16.3 Å². The maximum atomic E-state index is 13.6. The maximum Gasteiger partial charge on any atom is 0.254 e. The zero-order valence-electron chi connectivity index (χ0n) is 20.4. The highest BCUT2D eigenvalue weighted by Gasteiger charge is 2.26. The van der Waals surface area contributed by atoms with E-state index < -0.39 is 9.84 Å². The summed E-state index contributed by atoms with van der Waals surface area (Å²) in [6.07, 6.45) is 0.996. The predicted molar refractivity (Wildman–Crippen MR) is 140 cm³/mol. The summed E-state index contributed by atoms with van der Waals surface area (Å²) in [5, 5.41) is 0.627. The quantitative estimate of drug-likeness (QED) is 0.437. The van der Waals surface area contributed by atoms with Crippen LogP contribution in [0.15, 0.2) is 65.6 Å². The molecule has 1 amide bonds. The van der Waals surface area contributed by atoms with E-state index >= 15 is 0 Å². The Hall–Kier alpha value is -2.94. The van der Waals surface area contributed by atoms with E-state index in [2.05, 4.69) is 4.90 Å². The zero-order chi connectivity index (χ0) is 26.0. The van der Waals surface area contributed by atoms with Gasteiger partial charge in [-0.05, 0) is 60.0 Å². The third-order valence-electron chi connectivity index (χ3n) is 6.51. The van der Waals surface area contributed by atoms with Crippen LogP contribution in [0.1, 0.15) is 28.9 Å². The number of ether oxygens (including phenoxy) is 1. The predicted octanol–water partition coefficient (Wildman–Crippen LogP) is 5.22. The van der Waals surface area contributed by atoms with E-state index in [1.165, 1.54) is 24.3 Å². The Kier molecular flexibility index (Phi) is 7.68. The van der Waals surface area contributed by atoms with Crippen LogP contribution in [0.5, 0.6) is 0 Å². The fraction of sp³-hybridized carbons (Fsp3) is 0.296. The van der Waals surface area contributed by atoms with Crippen LogP contribution in [0.4, 0.5) is 10.1 Å². The van der Waals surface area contributed by atoms with E-state index in [1.807, 2.05) is 25.1 Å². The van der Waals surface area contributed by atoms with E-state index in [0.29, 0.717) is 42.3 Å². The van der Waals surface area contributed by atoms with Crippen molar-refractivity contribution in [3.8, 4) is 11.1 Å². The van der Waals surface area contributed by atoms with Gasteiger partial charge in [0.25, 0.3) is 5.91 Å². The minimum atomic E-state index is -3.52. The maximum absolute atomic E-state index is 13.6. The first-order valence-corrected chi connectivity index (χ1v) is 13.8. The molecule has 0 spiro atoms. The van der Waals surface area contributed by atoms with Gasteiger partial charge < -0.3 is 14.5 Å². The monoisotopic (exact) mass is 530 g/mol. The van der Waals surface area contributed by atoms with Crippen LogP contribution in [-0.2, 0) is 14.6 Å². The molecule has 0 radical (unpaired) electrons. The van der Waals surface area contributed by atoms with E-state index in [0.717, 1.165) is 17.5 Å². The van der Waals surface area contributed by atoms with Crippen LogP contribution in [-0.4, -0.2) is 58.8 Å². The summed E-state index contributed by atoms with van der Waals surface area (Å²) in [6, 6.07) is 16.1. The molecule has 1 aliphatic heterocycles. The minimum absolute atomic E-state index is 0.0652. The Labute approximate surface area is 216 Å². The summed E-state index contributed by atoms with van der Waals surface area (Å²) < 4.78 is 43.2. The molecule has 1 fully saturated rings. The molecule has 1 heterocycles. The lowest BCUT2D eigenvalue weighted by Gasteiger charge is -2.36. The van der Waals surface area contributed by atoms with E-state index in [1.54, 1.807) is 30.2 Å². The number of anilines is 1. The van der Waals surface area contributed by atoms with Gasteiger partial charge in [0, 0.05) is 55.8 Å². The number of hydrogen-bond acceptors (Lipinski definition) is 5. The average molecular weight is 531 g/mol. The number of piperazine rings is 1. The molecule has 0 aromatic heterocycles. The normalized spacial score (nSPS) is 15.1. The summed E-state index contributed by atoms with van der Waals surface area (Å²) in [5.74, 6) is -0.651. The van der Waals surface area contributed by atoms with Gasteiger partial charge in [-0.1, -0.05) is 35.9 Å². The summed E-state index contributed by atoms with van der Waals surface area (Å²) in [7, 11) is -1.88. The number of sulfone groups is 1. The third-order valence-corrected chi connectivity index (χ3v) is 7.95. The van der Waals surface area contributed by atoms with Crippen LogP contribution in [0.2, 0.25) is 5.02 Å². The highest BCUT2D eigenvalue weighted by atomic mass is 35.5. The van der Waals surface area contributed by atoms with Gasteiger partial charge in [-0.25, -0.2) is 12.8 Å². The first kappa shape index (κ1) is 26.1. The van der Waals surface area contributed by atoms with Crippen molar-refractivity contribution in [3.63, 3.8) is 0 Å². The van der Waals surface area contributed by atoms with Gasteiger partial charge in [-0.15, -0.1) is 0 Å². The van der Waals surface area contributed by atoms with Crippen molar-refractivity contribution < 1.29 is 22.3 Å². The topological polar surface area (TPSA) is 66.9 Å². The molecule has 0 saturated carbocycles. The smallest absolute Gasteiger partial charge is 0.254 e. The molecule has 190 valence electrons. The first-order chi connectivity index (χ1) is 17.1. The number of carbonyl (C=O) groups excluding carboxylic acids is 1. The Morgan fingerprint density at radius 2 is 1.67 bits per heavy atom. The van der Waals surface area contributed by atoms with Gasteiger partial charge in [0.1, 0.15) is 5.82 Å². The van der Waals surface area contributed by atoms with Crippen LogP contribution in [0.25, 0.3) is 11.1 Å². The molecular formula is C27H28ClFN2O4S. The van der Waals surface area contributed by atoms with Crippen LogP contribution >= 0.6 is 11.6 Å². The van der Waals surface area contributed by atoms with Crippen LogP contribution in [0.3, 0.4) is 0 Å². The number of hydrogen-bond donors (Lipinski definition) is 0. The molecule has 1 atom stereocenters. The fourth-order valence-corrected chi connectivity index (χ4v) is 5.30. The molecular weight excluding hydrogens is 503 g/mol. The number of rotatable bonds is 6. The molecule has 1 unspecified atom stereocenters. The van der Waals surface area contributed by atoms with Gasteiger partial charge in [-0.3, -0.25) is 4.79 Å². The molecule has 0 N–H and O–H groups in total.